The third-order valence-electron chi connectivity index (χ3n) is 2.85. The van der Waals surface area contributed by atoms with Crippen molar-refractivity contribution >= 4 is 17.4 Å². The Morgan fingerprint density at radius 2 is 1.41 bits per heavy atom. The molecule has 0 saturated carbocycles. The second-order valence-electron chi connectivity index (χ2n) is 4.16. The van der Waals surface area contributed by atoms with Crippen LogP contribution >= 0.6 is 0 Å². The molecule has 0 saturated heterocycles. The van der Waals surface area contributed by atoms with Crippen LogP contribution in [0.5, 0.6) is 0 Å². The summed E-state index contributed by atoms with van der Waals surface area (Å²) in [5.41, 5.74) is 8.74. The molecular formula is C12H15N5. The van der Waals surface area contributed by atoms with Gasteiger partial charge in [-0.25, -0.2) is 0 Å². The van der Waals surface area contributed by atoms with Crippen molar-refractivity contribution < 1.29 is 0 Å². The molecule has 0 atom stereocenters. The second kappa shape index (κ2) is 4.08. The molecule has 0 unspecified atom stereocenters. The number of nitrogens with one attached hydrogen (secondary N) is 2. The summed E-state index contributed by atoms with van der Waals surface area (Å²) in [6, 6.07) is 5.96. The fourth-order valence-electron chi connectivity index (χ4n) is 2.11. The molecule has 5 nitrogen and oxygen atoms in total. The van der Waals surface area contributed by atoms with Crippen molar-refractivity contribution in [1.29, 1.82) is 0 Å². The number of nitrogens with two attached hydrogens (primary N) is 1. The van der Waals surface area contributed by atoms with E-state index >= 15 is 0 Å². The number of amidine groups is 2. The molecule has 2 aliphatic heterocycles. The van der Waals surface area contributed by atoms with Gasteiger partial charge >= 0.3 is 0 Å². The zero-order valence-corrected chi connectivity index (χ0v) is 9.53. The van der Waals surface area contributed by atoms with Crippen LogP contribution < -0.4 is 16.4 Å². The Hall–Kier alpha value is -2.04. The van der Waals surface area contributed by atoms with Crippen LogP contribution in [0.1, 0.15) is 11.1 Å². The Morgan fingerprint density at radius 1 is 0.882 bits per heavy atom. The molecule has 17 heavy (non-hydrogen) atoms. The van der Waals surface area contributed by atoms with Crippen molar-refractivity contribution in [2.75, 3.05) is 31.9 Å². The normalized spacial score (nSPS) is 18.4. The molecule has 0 spiro atoms. The van der Waals surface area contributed by atoms with E-state index in [1.54, 1.807) is 0 Å². The molecule has 0 bridgehead atoms. The topological polar surface area (TPSA) is 74.8 Å². The number of rotatable bonds is 2. The van der Waals surface area contributed by atoms with Gasteiger partial charge in [-0.05, 0) is 18.2 Å². The van der Waals surface area contributed by atoms with Crippen LogP contribution in [0.15, 0.2) is 28.2 Å². The minimum Gasteiger partial charge on any atom is -0.399 e. The molecule has 88 valence electrons. The van der Waals surface area contributed by atoms with E-state index in [4.69, 9.17) is 5.73 Å². The SMILES string of the molecule is Nc1cc(C2=NCCN2)cc(C2=NCCN2)c1. The first-order valence-electron chi connectivity index (χ1n) is 5.81. The first-order chi connectivity index (χ1) is 8.33. The fourth-order valence-corrected chi connectivity index (χ4v) is 2.11. The maximum Gasteiger partial charge on any atom is 0.128 e. The fraction of sp³-hybridized carbons (Fsp3) is 0.333. The standard InChI is InChI=1S/C12H15N5/c13-10-6-8(11-14-1-2-15-11)5-9(7-10)12-16-3-4-17-12/h5-7H,1-4,13H2,(H,14,15)(H,16,17). The van der Waals surface area contributed by atoms with Crippen LogP contribution in [-0.2, 0) is 0 Å². The van der Waals surface area contributed by atoms with Crippen LogP contribution in [0.4, 0.5) is 5.69 Å². The lowest BCUT2D eigenvalue weighted by Gasteiger charge is -2.08. The van der Waals surface area contributed by atoms with E-state index < -0.39 is 0 Å². The Balaban J connectivity index is 1.99. The van der Waals surface area contributed by atoms with Gasteiger partial charge in [-0.3, -0.25) is 9.98 Å². The summed E-state index contributed by atoms with van der Waals surface area (Å²) in [6.07, 6.45) is 0. The summed E-state index contributed by atoms with van der Waals surface area (Å²) < 4.78 is 0. The quantitative estimate of drug-likeness (QED) is 0.623. The molecule has 0 aromatic heterocycles. The molecule has 0 amide bonds. The molecule has 3 rings (SSSR count). The molecule has 2 heterocycles. The van der Waals surface area contributed by atoms with E-state index in [0.29, 0.717) is 0 Å². The van der Waals surface area contributed by atoms with Crippen LogP contribution in [-0.4, -0.2) is 37.9 Å². The van der Waals surface area contributed by atoms with Crippen molar-refractivity contribution in [3.05, 3.63) is 29.3 Å². The highest BCUT2D eigenvalue weighted by Crippen LogP contribution is 2.15. The van der Waals surface area contributed by atoms with E-state index in [-0.39, 0.29) is 0 Å². The number of nitrogen functional groups attached to an aromatic ring is 1. The van der Waals surface area contributed by atoms with Gasteiger partial charge in [0.25, 0.3) is 0 Å². The largest absolute Gasteiger partial charge is 0.399 e. The van der Waals surface area contributed by atoms with E-state index in [9.17, 15) is 0 Å². The molecule has 0 radical (unpaired) electrons. The molecule has 2 aliphatic rings. The summed E-state index contributed by atoms with van der Waals surface area (Å²) in [7, 11) is 0. The lowest BCUT2D eigenvalue weighted by Crippen LogP contribution is -2.22. The van der Waals surface area contributed by atoms with Crippen LogP contribution in [0, 0.1) is 0 Å². The Kier molecular flexibility index (Phi) is 2.44. The number of aliphatic imine (C=N–C) groups is 2. The molecule has 0 aliphatic carbocycles. The minimum atomic E-state index is 0.741. The van der Waals surface area contributed by atoms with Gasteiger partial charge in [-0.15, -0.1) is 0 Å². The number of hydrogen-bond acceptors (Lipinski definition) is 5. The maximum absolute atomic E-state index is 5.93. The summed E-state index contributed by atoms with van der Waals surface area (Å²) in [5.74, 6) is 1.86. The number of nitrogens with zero attached hydrogens (tertiary/aromatic N) is 2. The average Bonchev–Trinajstić information content (AvgIpc) is 3.02. The maximum atomic E-state index is 5.93. The van der Waals surface area contributed by atoms with Crippen molar-refractivity contribution in [3.63, 3.8) is 0 Å². The van der Waals surface area contributed by atoms with E-state index in [2.05, 4.69) is 26.7 Å². The molecular weight excluding hydrogens is 214 g/mol. The minimum absolute atomic E-state index is 0.741. The Morgan fingerprint density at radius 3 is 1.82 bits per heavy atom. The van der Waals surface area contributed by atoms with Crippen molar-refractivity contribution in [1.82, 2.24) is 10.6 Å². The summed E-state index contributed by atoms with van der Waals surface area (Å²) in [5, 5.41) is 6.50. The average molecular weight is 229 g/mol. The van der Waals surface area contributed by atoms with Gasteiger partial charge < -0.3 is 16.4 Å². The highest BCUT2D eigenvalue weighted by atomic mass is 15.1. The van der Waals surface area contributed by atoms with Crippen molar-refractivity contribution in [2.45, 2.75) is 0 Å². The monoisotopic (exact) mass is 229 g/mol. The lowest BCUT2D eigenvalue weighted by molar-refractivity contribution is 0.959. The van der Waals surface area contributed by atoms with Gasteiger partial charge in [-0.1, -0.05) is 0 Å². The van der Waals surface area contributed by atoms with Crippen LogP contribution in [0.2, 0.25) is 0 Å². The molecule has 1 aromatic rings. The number of benzene rings is 1. The third kappa shape index (κ3) is 1.95. The van der Waals surface area contributed by atoms with Crippen LogP contribution in [0.3, 0.4) is 0 Å². The lowest BCUT2D eigenvalue weighted by atomic mass is 10.1. The number of hydrogen-bond donors (Lipinski definition) is 3. The second-order valence-corrected chi connectivity index (χ2v) is 4.16. The molecule has 4 N–H and O–H groups in total. The first-order valence-corrected chi connectivity index (χ1v) is 5.81. The zero-order valence-electron chi connectivity index (χ0n) is 9.53. The van der Waals surface area contributed by atoms with Crippen LogP contribution in [0.25, 0.3) is 0 Å². The Labute approximate surface area is 99.8 Å². The smallest absolute Gasteiger partial charge is 0.128 e. The summed E-state index contributed by atoms with van der Waals surface area (Å²) >= 11 is 0. The summed E-state index contributed by atoms with van der Waals surface area (Å²) in [6.45, 7) is 3.47. The Bertz CT molecular complexity index is 461. The van der Waals surface area contributed by atoms with Gasteiger partial charge in [0.1, 0.15) is 11.7 Å². The van der Waals surface area contributed by atoms with E-state index in [0.717, 1.165) is 54.7 Å². The first kappa shape index (κ1) is 10.1. The van der Waals surface area contributed by atoms with E-state index in [1.807, 2.05) is 12.1 Å². The number of anilines is 1. The van der Waals surface area contributed by atoms with Gasteiger partial charge in [0.2, 0.25) is 0 Å². The predicted octanol–water partition coefficient (Wildman–Crippen LogP) is -0.0316. The van der Waals surface area contributed by atoms with Crippen molar-refractivity contribution in [2.24, 2.45) is 9.98 Å². The zero-order chi connectivity index (χ0) is 11.7. The highest BCUT2D eigenvalue weighted by Gasteiger charge is 2.13. The highest BCUT2D eigenvalue weighted by molar-refractivity contribution is 6.05. The molecule has 5 heteroatoms. The predicted molar refractivity (Wildman–Crippen MR) is 69.7 cm³/mol. The molecule has 1 aromatic carbocycles. The van der Waals surface area contributed by atoms with Gasteiger partial charge in [0.05, 0.1) is 13.1 Å². The van der Waals surface area contributed by atoms with Crippen molar-refractivity contribution in [3.8, 4) is 0 Å². The molecule has 0 fully saturated rings. The van der Waals surface area contributed by atoms with Gasteiger partial charge in [0, 0.05) is 29.9 Å². The van der Waals surface area contributed by atoms with E-state index in [1.165, 1.54) is 0 Å². The van der Waals surface area contributed by atoms with Gasteiger partial charge in [-0.2, -0.15) is 0 Å². The third-order valence-corrected chi connectivity index (χ3v) is 2.85. The summed E-state index contributed by atoms with van der Waals surface area (Å²) in [4.78, 5) is 8.81. The van der Waals surface area contributed by atoms with Gasteiger partial charge in [0.15, 0.2) is 0 Å².